The minimum Gasteiger partial charge on any atom is -0.466 e. The fourth-order valence-corrected chi connectivity index (χ4v) is 3.24. The highest BCUT2D eigenvalue weighted by Gasteiger charge is 2.07. The third-order valence-corrected chi connectivity index (χ3v) is 5.64. The summed E-state index contributed by atoms with van der Waals surface area (Å²) in [5.74, 6) is -1.08. The van der Waals surface area contributed by atoms with E-state index in [1.165, 1.54) is 6.92 Å². The lowest BCUT2D eigenvalue weighted by molar-refractivity contribution is -0.145. The summed E-state index contributed by atoms with van der Waals surface area (Å²) in [4.78, 5) is 57.7. The predicted octanol–water partition coefficient (Wildman–Crippen LogP) is 3.71. The van der Waals surface area contributed by atoms with Gasteiger partial charge < -0.3 is 39.4 Å². The van der Waals surface area contributed by atoms with Crippen molar-refractivity contribution in [1.82, 2.24) is 10.6 Å². The largest absolute Gasteiger partial charge is 0.466 e. The monoisotopic (exact) mass is 602 g/mol. The van der Waals surface area contributed by atoms with Crippen molar-refractivity contribution in [2.24, 2.45) is 0 Å². The van der Waals surface area contributed by atoms with E-state index in [0.717, 1.165) is 25.7 Å². The van der Waals surface area contributed by atoms with Crippen molar-refractivity contribution in [3.63, 3.8) is 0 Å². The third-order valence-electron chi connectivity index (χ3n) is 5.64. The van der Waals surface area contributed by atoms with Gasteiger partial charge in [0.2, 0.25) is 0 Å². The molecule has 42 heavy (non-hydrogen) atoms. The van der Waals surface area contributed by atoms with Crippen LogP contribution in [0.3, 0.4) is 0 Å². The first kappa shape index (κ1) is 38.6. The Bertz CT molecular complexity index is 802. The summed E-state index contributed by atoms with van der Waals surface area (Å²) in [6.45, 7) is 8.23. The minimum absolute atomic E-state index is 0.0339. The molecule has 1 unspecified atom stereocenters. The number of hydrogen-bond donors (Lipinski definition) is 3. The van der Waals surface area contributed by atoms with Gasteiger partial charge in [-0.05, 0) is 71.6 Å². The van der Waals surface area contributed by atoms with Gasteiger partial charge >= 0.3 is 30.1 Å². The van der Waals surface area contributed by atoms with Gasteiger partial charge in [0, 0.05) is 37.9 Å². The second kappa shape index (κ2) is 26.5. The number of hydrogen-bond acceptors (Lipinski definition) is 11. The van der Waals surface area contributed by atoms with Crippen LogP contribution < -0.4 is 10.6 Å². The van der Waals surface area contributed by atoms with Gasteiger partial charge in [0.05, 0.1) is 25.9 Å². The smallest absolute Gasteiger partial charge is 0.407 e. The van der Waals surface area contributed by atoms with E-state index < -0.39 is 24.3 Å². The number of rotatable bonds is 25. The Morgan fingerprint density at radius 3 is 1.60 bits per heavy atom. The van der Waals surface area contributed by atoms with Gasteiger partial charge in [0.25, 0.3) is 0 Å². The number of aliphatic hydroxyl groups is 1. The summed E-state index contributed by atoms with van der Waals surface area (Å²) in [6.07, 6.45) is 5.81. The lowest BCUT2D eigenvalue weighted by Crippen LogP contribution is -2.27. The van der Waals surface area contributed by atoms with Gasteiger partial charge in [-0.3, -0.25) is 9.59 Å². The molecular formula is C29H50N2O11. The number of amides is 2. The molecule has 0 fully saturated rings. The van der Waals surface area contributed by atoms with E-state index in [2.05, 4.69) is 17.2 Å². The number of unbranched alkanes of at least 4 members (excludes halogenated alkanes) is 6. The van der Waals surface area contributed by atoms with E-state index in [9.17, 15) is 24.0 Å². The second-order valence-electron chi connectivity index (χ2n) is 9.80. The highest BCUT2D eigenvalue weighted by molar-refractivity contribution is 5.86. The zero-order valence-electron chi connectivity index (χ0n) is 25.2. The summed E-state index contributed by atoms with van der Waals surface area (Å²) in [5, 5.41) is 14.4. The number of aliphatic hydroxyl groups excluding tert-OH is 1. The molecule has 13 heteroatoms. The zero-order chi connectivity index (χ0) is 31.4. The van der Waals surface area contributed by atoms with Gasteiger partial charge in [-0.15, -0.1) is 0 Å². The van der Waals surface area contributed by atoms with Crippen molar-refractivity contribution in [2.45, 2.75) is 97.0 Å². The van der Waals surface area contributed by atoms with E-state index in [1.807, 2.05) is 0 Å². The number of esters is 3. The van der Waals surface area contributed by atoms with Gasteiger partial charge in [0.1, 0.15) is 13.2 Å². The van der Waals surface area contributed by atoms with Crippen LogP contribution in [0, 0.1) is 0 Å². The van der Waals surface area contributed by atoms with Crippen LogP contribution in [-0.2, 0) is 38.1 Å². The number of nitrogens with one attached hydrogen (secondary N) is 2. The second-order valence-corrected chi connectivity index (χ2v) is 9.80. The highest BCUT2D eigenvalue weighted by atomic mass is 16.6. The fraction of sp³-hybridized carbons (Fsp3) is 0.759. The Kier molecular flexibility index (Phi) is 24.4. The van der Waals surface area contributed by atoms with Crippen molar-refractivity contribution in [1.29, 1.82) is 0 Å². The van der Waals surface area contributed by atoms with Crippen LogP contribution >= 0.6 is 0 Å². The van der Waals surface area contributed by atoms with Crippen LogP contribution in [0.2, 0.25) is 0 Å². The summed E-state index contributed by atoms with van der Waals surface area (Å²) >= 11 is 0. The van der Waals surface area contributed by atoms with Crippen LogP contribution in [-0.4, -0.2) is 87.4 Å². The number of alkyl carbamates (subject to hydrolysis) is 2. The Labute approximate surface area is 249 Å². The van der Waals surface area contributed by atoms with Crippen molar-refractivity contribution in [2.75, 3.05) is 46.1 Å². The van der Waals surface area contributed by atoms with E-state index in [0.29, 0.717) is 71.1 Å². The molecule has 0 aliphatic carbocycles. The standard InChI is InChI=1S/C29H50N2O11/c1-23(2)27(35)40-21-22-42-29(37)31-17-10-6-9-16-30-28(36)41-19-12-5-8-13-25(33)38-18-11-4-7-14-26(34)39-20-15-24(3)32/h24,32H,1,4-22H2,2-3H3,(H,30,36)(H,31,37). The normalized spacial score (nSPS) is 11.1. The quantitative estimate of drug-likeness (QED) is 0.0601. The average Bonchev–Trinajstić information content (AvgIpc) is 2.93. The van der Waals surface area contributed by atoms with E-state index in [1.54, 1.807) is 6.92 Å². The van der Waals surface area contributed by atoms with Gasteiger partial charge in [-0.1, -0.05) is 6.58 Å². The maximum absolute atomic E-state index is 11.8. The molecule has 0 aromatic heterocycles. The summed E-state index contributed by atoms with van der Waals surface area (Å²) in [5.41, 5.74) is 0.277. The molecule has 0 saturated carbocycles. The van der Waals surface area contributed by atoms with Crippen LogP contribution in [0.15, 0.2) is 12.2 Å². The van der Waals surface area contributed by atoms with Gasteiger partial charge in [-0.25, -0.2) is 14.4 Å². The van der Waals surface area contributed by atoms with E-state index in [-0.39, 0.29) is 43.9 Å². The zero-order valence-corrected chi connectivity index (χ0v) is 25.2. The first-order chi connectivity index (χ1) is 20.1. The molecule has 13 nitrogen and oxygen atoms in total. The molecule has 3 N–H and O–H groups in total. The molecule has 0 saturated heterocycles. The molecular weight excluding hydrogens is 552 g/mol. The molecule has 0 heterocycles. The lowest BCUT2D eigenvalue weighted by atomic mass is 10.2. The molecule has 0 bridgehead atoms. The summed E-state index contributed by atoms with van der Waals surface area (Å²) < 4.78 is 25.0. The average molecular weight is 603 g/mol. The van der Waals surface area contributed by atoms with Crippen molar-refractivity contribution >= 4 is 30.1 Å². The Hall–Kier alpha value is -3.35. The van der Waals surface area contributed by atoms with Crippen LogP contribution in [0.25, 0.3) is 0 Å². The predicted molar refractivity (Wildman–Crippen MR) is 153 cm³/mol. The SMILES string of the molecule is C=C(C)C(=O)OCCOC(=O)NCCCCCNC(=O)OCCCCCC(=O)OCCCCCC(=O)OCCC(C)O. The molecule has 0 aromatic rings. The minimum atomic E-state index is -0.589. The first-order valence-corrected chi connectivity index (χ1v) is 14.7. The molecule has 0 radical (unpaired) electrons. The molecule has 0 aromatic carbocycles. The summed E-state index contributed by atoms with van der Waals surface area (Å²) in [6, 6.07) is 0. The Morgan fingerprint density at radius 1 is 0.619 bits per heavy atom. The van der Waals surface area contributed by atoms with E-state index in [4.69, 9.17) is 28.8 Å². The maximum atomic E-state index is 11.8. The maximum Gasteiger partial charge on any atom is 0.407 e. The van der Waals surface area contributed by atoms with Crippen molar-refractivity contribution in [3.8, 4) is 0 Å². The Balaban J connectivity index is 3.45. The molecule has 1 atom stereocenters. The molecule has 0 rings (SSSR count). The van der Waals surface area contributed by atoms with Crippen LogP contribution in [0.4, 0.5) is 9.59 Å². The highest BCUT2D eigenvalue weighted by Crippen LogP contribution is 2.05. The Morgan fingerprint density at radius 2 is 1.07 bits per heavy atom. The topological polar surface area (TPSA) is 176 Å². The van der Waals surface area contributed by atoms with Crippen LogP contribution in [0.1, 0.15) is 90.9 Å². The van der Waals surface area contributed by atoms with E-state index >= 15 is 0 Å². The van der Waals surface area contributed by atoms with Gasteiger partial charge in [0.15, 0.2) is 0 Å². The van der Waals surface area contributed by atoms with Crippen molar-refractivity contribution in [3.05, 3.63) is 12.2 Å². The number of ether oxygens (including phenoxy) is 5. The molecule has 2 amide bonds. The van der Waals surface area contributed by atoms with Crippen molar-refractivity contribution < 1.29 is 52.8 Å². The summed E-state index contributed by atoms with van der Waals surface area (Å²) in [7, 11) is 0. The molecule has 0 aliphatic rings. The molecule has 242 valence electrons. The molecule has 0 spiro atoms. The number of carbonyl (C=O) groups excluding carboxylic acids is 5. The van der Waals surface area contributed by atoms with Gasteiger partial charge in [-0.2, -0.15) is 0 Å². The molecule has 0 aliphatic heterocycles. The fourth-order valence-electron chi connectivity index (χ4n) is 3.24. The lowest BCUT2D eigenvalue weighted by Gasteiger charge is -2.08. The number of carbonyl (C=O) groups is 5. The first-order valence-electron chi connectivity index (χ1n) is 14.7. The third kappa shape index (κ3) is 26.9. The van der Waals surface area contributed by atoms with Crippen LogP contribution in [0.5, 0.6) is 0 Å².